The standard InChI is InChI=1S/C13H22N2O2/c16-12-7-3-1-4-10-15(12)11-13(17)14-8-5-2-6-9-14/h1-11H2. The van der Waals surface area contributed by atoms with E-state index in [2.05, 4.69) is 0 Å². The SMILES string of the molecule is O=C(CN1CCCCCC1=O)N1CCCCC1. The van der Waals surface area contributed by atoms with Crippen molar-refractivity contribution in [1.82, 2.24) is 9.80 Å². The van der Waals surface area contributed by atoms with Crippen molar-refractivity contribution in [1.29, 1.82) is 0 Å². The number of likely N-dealkylation sites (tertiary alicyclic amines) is 2. The summed E-state index contributed by atoms with van der Waals surface area (Å²) in [5.74, 6) is 0.299. The van der Waals surface area contributed by atoms with Crippen LogP contribution in [0, 0.1) is 0 Å². The highest BCUT2D eigenvalue weighted by Crippen LogP contribution is 2.13. The molecule has 0 spiro atoms. The van der Waals surface area contributed by atoms with Gasteiger partial charge in [0, 0.05) is 26.1 Å². The lowest BCUT2D eigenvalue weighted by Gasteiger charge is -2.29. The Bertz CT molecular complexity index is 285. The lowest BCUT2D eigenvalue weighted by atomic mass is 10.1. The Morgan fingerprint density at radius 1 is 0.941 bits per heavy atom. The number of piperidine rings is 1. The van der Waals surface area contributed by atoms with E-state index in [1.54, 1.807) is 4.90 Å². The third-order valence-electron chi connectivity index (χ3n) is 3.71. The Kier molecular flexibility index (Phi) is 4.40. The molecule has 2 fully saturated rings. The van der Waals surface area contributed by atoms with Gasteiger partial charge in [-0.25, -0.2) is 0 Å². The van der Waals surface area contributed by atoms with E-state index in [-0.39, 0.29) is 11.8 Å². The van der Waals surface area contributed by atoms with Crippen molar-refractivity contribution in [3.63, 3.8) is 0 Å². The van der Waals surface area contributed by atoms with Gasteiger partial charge in [-0.2, -0.15) is 0 Å². The highest BCUT2D eigenvalue weighted by Gasteiger charge is 2.23. The molecule has 2 amide bonds. The van der Waals surface area contributed by atoms with E-state index >= 15 is 0 Å². The van der Waals surface area contributed by atoms with Crippen LogP contribution in [0.2, 0.25) is 0 Å². The van der Waals surface area contributed by atoms with Crippen LogP contribution in [0.25, 0.3) is 0 Å². The summed E-state index contributed by atoms with van der Waals surface area (Å²) in [6.07, 6.45) is 7.20. The van der Waals surface area contributed by atoms with E-state index in [9.17, 15) is 9.59 Å². The van der Waals surface area contributed by atoms with Gasteiger partial charge in [-0.1, -0.05) is 6.42 Å². The monoisotopic (exact) mass is 238 g/mol. The van der Waals surface area contributed by atoms with Crippen LogP contribution in [0.5, 0.6) is 0 Å². The van der Waals surface area contributed by atoms with Crippen molar-refractivity contribution in [3.8, 4) is 0 Å². The molecule has 0 bridgehead atoms. The van der Waals surface area contributed by atoms with E-state index in [0.29, 0.717) is 13.0 Å². The van der Waals surface area contributed by atoms with Crippen LogP contribution >= 0.6 is 0 Å². The van der Waals surface area contributed by atoms with Crippen LogP contribution < -0.4 is 0 Å². The highest BCUT2D eigenvalue weighted by molar-refractivity contribution is 5.85. The third kappa shape index (κ3) is 3.45. The predicted octanol–water partition coefficient (Wildman–Crippen LogP) is 1.40. The Balaban J connectivity index is 1.85. The highest BCUT2D eigenvalue weighted by atomic mass is 16.2. The Labute approximate surface area is 103 Å². The fourth-order valence-corrected chi connectivity index (χ4v) is 2.61. The Morgan fingerprint density at radius 3 is 2.35 bits per heavy atom. The van der Waals surface area contributed by atoms with E-state index in [1.165, 1.54) is 6.42 Å². The first-order chi connectivity index (χ1) is 8.27. The summed E-state index contributed by atoms with van der Waals surface area (Å²) >= 11 is 0. The van der Waals surface area contributed by atoms with Gasteiger partial charge in [0.2, 0.25) is 11.8 Å². The molecule has 0 atom stereocenters. The first-order valence-corrected chi connectivity index (χ1v) is 6.83. The molecule has 0 aliphatic carbocycles. The lowest BCUT2D eigenvalue weighted by molar-refractivity contribution is -0.140. The number of rotatable bonds is 2. The number of hydrogen-bond donors (Lipinski definition) is 0. The molecule has 4 heteroatoms. The summed E-state index contributed by atoms with van der Waals surface area (Å²) in [7, 11) is 0. The van der Waals surface area contributed by atoms with Crippen LogP contribution in [-0.4, -0.2) is 47.8 Å². The molecule has 2 aliphatic rings. The zero-order valence-electron chi connectivity index (χ0n) is 10.5. The number of carbonyl (C=O) groups is 2. The van der Waals surface area contributed by atoms with Crippen molar-refractivity contribution >= 4 is 11.8 Å². The molecule has 0 aromatic heterocycles. The summed E-state index contributed by atoms with van der Waals surface area (Å²) in [6, 6.07) is 0. The summed E-state index contributed by atoms with van der Waals surface area (Å²) in [5.41, 5.74) is 0. The number of nitrogens with zero attached hydrogens (tertiary/aromatic N) is 2. The summed E-state index contributed by atoms with van der Waals surface area (Å²) in [6.45, 7) is 2.82. The molecule has 0 radical (unpaired) electrons. The summed E-state index contributed by atoms with van der Waals surface area (Å²) in [5, 5.41) is 0. The van der Waals surface area contributed by atoms with Crippen LogP contribution in [0.3, 0.4) is 0 Å². The zero-order chi connectivity index (χ0) is 12.1. The molecule has 0 aromatic carbocycles. The molecule has 0 unspecified atom stereocenters. The second-order valence-corrected chi connectivity index (χ2v) is 5.07. The molecule has 2 saturated heterocycles. The van der Waals surface area contributed by atoms with Gasteiger partial charge in [0.05, 0.1) is 6.54 Å². The topological polar surface area (TPSA) is 40.6 Å². The largest absolute Gasteiger partial charge is 0.341 e. The van der Waals surface area contributed by atoms with Crippen LogP contribution in [0.1, 0.15) is 44.9 Å². The maximum Gasteiger partial charge on any atom is 0.242 e. The fraction of sp³-hybridized carbons (Fsp3) is 0.846. The van der Waals surface area contributed by atoms with Gasteiger partial charge in [0.15, 0.2) is 0 Å². The second-order valence-electron chi connectivity index (χ2n) is 5.07. The van der Waals surface area contributed by atoms with Gasteiger partial charge in [0.25, 0.3) is 0 Å². The molecular formula is C13H22N2O2. The molecule has 96 valence electrons. The van der Waals surface area contributed by atoms with Crippen molar-refractivity contribution < 1.29 is 9.59 Å². The third-order valence-corrected chi connectivity index (χ3v) is 3.71. The van der Waals surface area contributed by atoms with Crippen molar-refractivity contribution in [2.45, 2.75) is 44.9 Å². The van der Waals surface area contributed by atoms with Crippen LogP contribution in [0.4, 0.5) is 0 Å². The van der Waals surface area contributed by atoms with E-state index in [1.807, 2.05) is 4.90 Å². The van der Waals surface area contributed by atoms with Crippen molar-refractivity contribution in [2.75, 3.05) is 26.2 Å². The van der Waals surface area contributed by atoms with Crippen LogP contribution in [0.15, 0.2) is 0 Å². The molecule has 0 saturated carbocycles. The molecule has 0 N–H and O–H groups in total. The predicted molar refractivity (Wildman–Crippen MR) is 65.5 cm³/mol. The normalized spacial score (nSPS) is 22.5. The number of hydrogen-bond acceptors (Lipinski definition) is 2. The maximum absolute atomic E-state index is 12.1. The van der Waals surface area contributed by atoms with Gasteiger partial charge in [-0.3, -0.25) is 9.59 Å². The van der Waals surface area contributed by atoms with Gasteiger partial charge in [-0.05, 0) is 32.1 Å². The minimum absolute atomic E-state index is 0.139. The van der Waals surface area contributed by atoms with E-state index in [4.69, 9.17) is 0 Å². The molecule has 0 aromatic rings. The van der Waals surface area contributed by atoms with Gasteiger partial charge in [0.1, 0.15) is 0 Å². The van der Waals surface area contributed by atoms with Gasteiger partial charge >= 0.3 is 0 Å². The maximum atomic E-state index is 12.1. The first-order valence-electron chi connectivity index (χ1n) is 6.83. The number of amides is 2. The lowest BCUT2D eigenvalue weighted by Crippen LogP contribution is -2.44. The quantitative estimate of drug-likeness (QED) is 0.729. The molecule has 17 heavy (non-hydrogen) atoms. The zero-order valence-corrected chi connectivity index (χ0v) is 10.5. The summed E-state index contributed by atoms with van der Waals surface area (Å²) in [4.78, 5) is 27.5. The Morgan fingerprint density at radius 2 is 1.59 bits per heavy atom. The van der Waals surface area contributed by atoms with Crippen molar-refractivity contribution in [2.24, 2.45) is 0 Å². The second kappa shape index (κ2) is 6.03. The molecule has 2 heterocycles. The molecule has 2 aliphatic heterocycles. The average Bonchev–Trinajstić information content (AvgIpc) is 2.56. The van der Waals surface area contributed by atoms with Crippen LogP contribution in [-0.2, 0) is 9.59 Å². The molecular weight excluding hydrogens is 216 g/mol. The van der Waals surface area contributed by atoms with Crippen molar-refractivity contribution in [3.05, 3.63) is 0 Å². The minimum Gasteiger partial charge on any atom is -0.341 e. The number of carbonyl (C=O) groups excluding carboxylic acids is 2. The summed E-state index contributed by atoms with van der Waals surface area (Å²) < 4.78 is 0. The smallest absolute Gasteiger partial charge is 0.242 e. The average molecular weight is 238 g/mol. The molecule has 4 nitrogen and oxygen atoms in total. The molecule has 2 rings (SSSR count). The first kappa shape index (κ1) is 12.4. The minimum atomic E-state index is 0.139. The van der Waals surface area contributed by atoms with Gasteiger partial charge < -0.3 is 9.80 Å². The van der Waals surface area contributed by atoms with E-state index < -0.39 is 0 Å². The van der Waals surface area contributed by atoms with Gasteiger partial charge in [-0.15, -0.1) is 0 Å². The Hall–Kier alpha value is -1.06. The van der Waals surface area contributed by atoms with E-state index in [0.717, 1.165) is 51.7 Å². The fourth-order valence-electron chi connectivity index (χ4n) is 2.61.